The van der Waals surface area contributed by atoms with Gasteiger partial charge in [0.2, 0.25) is 0 Å². The molecule has 0 aliphatic rings. The summed E-state index contributed by atoms with van der Waals surface area (Å²) in [6.45, 7) is 3.47. The average molecular weight is 583 g/mol. The number of nitrogens with two attached hydrogens (primary N) is 4. The van der Waals surface area contributed by atoms with Gasteiger partial charge in [0.15, 0.2) is 0 Å². The number of hydrogen-bond acceptors (Lipinski definition) is 4. The second-order valence-electron chi connectivity index (χ2n) is 12.8. The highest BCUT2D eigenvalue weighted by Gasteiger charge is 1.96. The first-order valence-electron chi connectivity index (χ1n) is 19.1. The Bertz CT molecular complexity index is 368. The van der Waals surface area contributed by atoms with E-state index in [1.807, 2.05) is 0 Å². The first-order chi connectivity index (χ1) is 20.3. The van der Waals surface area contributed by atoms with Gasteiger partial charge in [-0.3, -0.25) is 0 Å². The minimum atomic E-state index is 0.868. The first-order valence-corrected chi connectivity index (χ1v) is 19.1. The van der Waals surface area contributed by atoms with Crippen molar-refractivity contribution >= 4 is 0 Å². The largest absolute Gasteiger partial charge is 0.330 e. The van der Waals surface area contributed by atoms with Crippen LogP contribution in [0.4, 0.5) is 0 Å². The molecule has 0 rings (SSSR count). The molecule has 0 unspecified atom stereocenters. The van der Waals surface area contributed by atoms with E-state index in [0.717, 1.165) is 26.2 Å². The average Bonchev–Trinajstić information content (AvgIpc) is 2.99. The summed E-state index contributed by atoms with van der Waals surface area (Å²) in [5, 5.41) is 0. The fraction of sp³-hybridized carbons (Fsp3) is 1.00. The third-order valence-corrected chi connectivity index (χ3v) is 8.57. The summed E-state index contributed by atoms with van der Waals surface area (Å²) in [6.07, 6.45) is 46.1. The predicted octanol–water partition coefficient (Wildman–Crippen LogP) is 10.7. The van der Waals surface area contributed by atoms with Crippen molar-refractivity contribution in [1.29, 1.82) is 0 Å². The summed E-state index contributed by atoms with van der Waals surface area (Å²) in [6, 6.07) is 0. The van der Waals surface area contributed by atoms with Crippen molar-refractivity contribution in [3.8, 4) is 0 Å². The molecule has 0 aromatic carbocycles. The summed E-state index contributed by atoms with van der Waals surface area (Å²) < 4.78 is 0. The van der Waals surface area contributed by atoms with E-state index in [9.17, 15) is 0 Å². The van der Waals surface area contributed by atoms with E-state index in [1.54, 1.807) is 0 Å². The van der Waals surface area contributed by atoms with Gasteiger partial charge in [-0.25, -0.2) is 0 Å². The molecule has 0 radical (unpaired) electrons. The van der Waals surface area contributed by atoms with Crippen LogP contribution in [0.2, 0.25) is 0 Å². The lowest BCUT2D eigenvalue weighted by atomic mass is 10.0. The predicted molar refractivity (Wildman–Crippen MR) is 189 cm³/mol. The lowest BCUT2D eigenvalue weighted by Gasteiger charge is -2.03. The van der Waals surface area contributed by atoms with E-state index in [4.69, 9.17) is 22.9 Å². The van der Waals surface area contributed by atoms with E-state index >= 15 is 0 Å². The second kappa shape index (κ2) is 44.3. The van der Waals surface area contributed by atoms with Crippen LogP contribution in [0.5, 0.6) is 0 Å². The molecule has 0 amide bonds. The molecule has 0 aromatic heterocycles. The number of rotatable bonds is 35. The van der Waals surface area contributed by atoms with Crippen molar-refractivity contribution in [3.63, 3.8) is 0 Å². The molecule has 0 bridgehead atoms. The van der Waals surface area contributed by atoms with E-state index in [1.165, 1.54) is 212 Å². The van der Waals surface area contributed by atoms with Gasteiger partial charge in [-0.1, -0.05) is 186 Å². The number of unbranched alkanes of at least 4 members (excludes halogenated alkanes) is 31. The highest BCUT2D eigenvalue weighted by atomic mass is 14.5. The van der Waals surface area contributed by atoms with Crippen LogP contribution < -0.4 is 22.9 Å². The van der Waals surface area contributed by atoms with Crippen molar-refractivity contribution in [2.24, 2.45) is 22.9 Å². The van der Waals surface area contributed by atoms with Gasteiger partial charge in [0.05, 0.1) is 0 Å². The van der Waals surface area contributed by atoms with Gasteiger partial charge in [0.1, 0.15) is 0 Å². The maximum Gasteiger partial charge on any atom is -0.00773 e. The quantitative estimate of drug-likeness (QED) is 0.0558. The smallest absolute Gasteiger partial charge is 0.00773 e. The van der Waals surface area contributed by atoms with Crippen molar-refractivity contribution in [1.82, 2.24) is 0 Å². The molecule has 250 valence electrons. The highest BCUT2D eigenvalue weighted by molar-refractivity contribution is 4.52. The maximum absolute atomic E-state index is 5.49. The Morgan fingerprint density at radius 3 is 0.268 bits per heavy atom. The van der Waals surface area contributed by atoms with Crippen LogP contribution in [-0.2, 0) is 0 Å². The van der Waals surface area contributed by atoms with Gasteiger partial charge in [-0.2, -0.15) is 0 Å². The molecule has 0 heterocycles. The standard InChI is InChI=1S/C19H42N2.C18H40N2/c20-18-16-14-12-10-8-6-4-2-1-3-5-7-9-11-13-15-17-19-21;19-17-15-13-11-9-7-5-3-1-2-4-6-8-10-12-14-16-18-20/h1-21H2;1-20H2. The second-order valence-corrected chi connectivity index (χ2v) is 12.8. The lowest BCUT2D eigenvalue weighted by molar-refractivity contribution is 0.526. The molecule has 0 saturated carbocycles. The fourth-order valence-corrected chi connectivity index (χ4v) is 5.70. The van der Waals surface area contributed by atoms with Crippen LogP contribution in [-0.4, -0.2) is 26.2 Å². The molecule has 0 saturated heterocycles. The zero-order valence-electron chi connectivity index (χ0n) is 28.5. The molecule has 0 atom stereocenters. The zero-order valence-corrected chi connectivity index (χ0v) is 28.5. The highest BCUT2D eigenvalue weighted by Crippen LogP contribution is 2.15. The Kier molecular flexibility index (Phi) is 46.4. The van der Waals surface area contributed by atoms with Crippen molar-refractivity contribution in [3.05, 3.63) is 0 Å². The molecule has 0 spiro atoms. The summed E-state index contributed by atoms with van der Waals surface area (Å²) >= 11 is 0. The van der Waals surface area contributed by atoms with E-state index in [-0.39, 0.29) is 0 Å². The van der Waals surface area contributed by atoms with E-state index in [0.29, 0.717) is 0 Å². The Hall–Kier alpha value is -0.160. The van der Waals surface area contributed by atoms with Crippen LogP contribution in [0.3, 0.4) is 0 Å². The lowest BCUT2D eigenvalue weighted by Crippen LogP contribution is -1.97. The van der Waals surface area contributed by atoms with Gasteiger partial charge in [0.25, 0.3) is 0 Å². The van der Waals surface area contributed by atoms with E-state index in [2.05, 4.69) is 0 Å². The summed E-state index contributed by atoms with van der Waals surface area (Å²) in [4.78, 5) is 0. The van der Waals surface area contributed by atoms with Crippen LogP contribution in [0.25, 0.3) is 0 Å². The van der Waals surface area contributed by atoms with Gasteiger partial charge >= 0.3 is 0 Å². The molecule has 0 aliphatic heterocycles. The van der Waals surface area contributed by atoms with Gasteiger partial charge in [-0.15, -0.1) is 0 Å². The minimum Gasteiger partial charge on any atom is -0.330 e. The molecular weight excluding hydrogens is 500 g/mol. The van der Waals surface area contributed by atoms with Crippen LogP contribution in [0.1, 0.15) is 212 Å². The topological polar surface area (TPSA) is 104 Å². The summed E-state index contributed by atoms with van der Waals surface area (Å²) in [5.74, 6) is 0. The van der Waals surface area contributed by atoms with Gasteiger partial charge in [0, 0.05) is 0 Å². The Morgan fingerprint density at radius 1 is 0.122 bits per heavy atom. The SMILES string of the molecule is NCCCCCCCCCCCCCCCCCCCN.NCCCCCCCCCCCCCCCCCCN. The fourth-order valence-electron chi connectivity index (χ4n) is 5.70. The Morgan fingerprint density at radius 2 is 0.195 bits per heavy atom. The van der Waals surface area contributed by atoms with E-state index < -0.39 is 0 Å². The van der Waals surface area contributed by atoms with Crippen molar-refractivity contribution in [2.75, 3.05) is 26.2 Å². The molecule has 4 nitrogen and oxygen atoms in total. The minimum absolute atomic E-state index is 0.868. The molecule has 8 N–H and O–H groups in total. The molecule has 41 heavy (non-hydrogen) atoms. The molecule has 4 heteroatoms. The van der Waals surface area contributed by atoms with Gasteiger partial charge in [-0.05, 0) is 51.9 Å². The van der Waals surface area contributed by atoms with Gasteiger partial charge < -0.3 is 22.9 Å². The maximum atomic E-state index is 5.49. The monoisotopic (exact) mass is 583 g/mol. The first kappa shape index (κ1) is 43.0. The Balaban J connectivity index is 0. The van der Waals surface area contributed by atoms with Crippen LogP contribution in [0, 0.1) is 0 Å². The number of hydrogen-bond donors (Lipinski definition) is 4. The summed E-state index contributed by atoms with van der Waals surface area (Å²) in [5.41, 5.74) is 21.9. The third kappa shape index (κ3) is 47.0. The van der Waals surface area contributed by atoms with Crippen molar-refractivity contribution in [2.45, 2.75) is 212 Å². The molecule has 0 aromatic rings. The van der Waals surface area contributed by atoms with Crippen LogP contribution in [0.15, 0.2) is 0 Å². The summed E-state index contributed by atoms with van der Waals surface area (Å²) in [7, 11) is 0. The third-order valence-electron chi connectivity index (χ3n) is 8.57. The molecular formula is C37H82N4. The van der Waals surface area contributed by atoms with Crippen LogP contribution >= 0.6 is 0 Å². The molecule has 0 aliphatic carbocycles. The Labute approximate surface area is 260 Å². The molecule has 0 fully saturated rings. The zero-order chi connectivity index (χ0) is 30.2. The normalized spacial score (nSPS) is 11.1. The van der Waals surface area contributed by atoms with Crippen molar-refractivity contribution < 1.29 is 0 Å².